The number of carbonyl (C=O) groups is 2. The van der Waals surface area contributed by atoms with E-state index < -0.39 is 11.7 Å². The topological polar surface area (TPSA) is 75.9 Å². The van der Waals surface area contributed by atoms with Gasteiger partial charge in [0, 0.05) is 17.1 Å². The van der Waals surface area contributed by atoms with E-state index in [-0.39, 0.29) is 17.1 Å². The minimum atomic E-state index is -0.688. The first-order chi connectivity index (χ1) is 13.4. The van der Waals surface area contributed by atoms with Gasteiger partial charge in [-0.3, -0.25) is 0 Å². The summed E-state index contributed by atoms with van der Waals surface area (Å²) in [5.74, 6) is 0. The minimum Gasteiger partial charge on any atom is -0.443 e. The molecule has 7 heteroatoms. The van der Waals surface area contributed by atoms with Crippen LogP contribution in [-0.2, 0) is 10.3 Å². The van der Waals surface area contributed by atoms with E-state index in [4.69, 9.17) is 22.1 Å². The number of carbonyl (C=O) groups excluding carboxylic acids is 2. The SMILES string of the molecule is NC(=O)OC12CCC(N3CC4(c5cccc(Cl)c5)CCCN4C3=O)(CC1)CC2. The van der Waals surface area contributed by atoms with Crippen LogP contribution in [0.25, 0.3) is 0 Å². The standard InChI is InChI=1S/C21H26ClN3O3/c22-16-4-1-3-15(13-16)21-5-2-12-24(21)18(27)25(14-21)19-6-9-20(10-7-19,11-8-19)28-17(23)26/h1,3-4,13H,2,5-12,14H2,(H2,23,26). The maximum Gasteiger partial charge on any atom is 0.405 e. The van der Waals surface area contributed by atoms with E-state index in [1.54, 1.807) is 0 Å². The van der Waals surface area contributed by atoms with Crippen LogP contribution in [0.5, 0.6) is 0 Å². The van der Waals surface area contributed by atoms with Crippen LogP contribution >= 0.6 is 11.6 Å². The van der Waals surface area contributed by atoms with Crippen molar-refractivity contribution in [2.45, 2.75) is 68.0 Å². The fourth-order valence-corrected chi connectivity index (χ4v) is 6.43. The maximum atomic E-state index is 13.5. The lowest BCUT2D eigenvalue weighted by Crippen LogP contribution is -2.61. The molecule has 150 valence electrons. The summed E-state index contributed by atoms with van der Waals surface area (Å²) < 4.78 is 5.49. The van der Waals surface area contributed by atoms with Gasteiger partial charge in [-0.05, 0) is 69.1 Å². The third-order valence-corrected chi connectivity index (χ3v) is 7.99. The Morgan fingerprint density at radius 3 is 2.43 bits per heavy atom. The normalized spacial score (nSPS) is 36.7. The van der Waals surface area contributed by atoms with Crippen molar-refractivity contribution in [2.24, 2.45) is 5.73 Å². The van der Waals surface area contributed by atoms with Crippen molar-refractivity contribution in [1.82, 2.24) is 9.80 Å². The Bertz CT molecular complexity index is 819. The van der Waals surface area contributed by atoms with E-state index >= 15 is 0 Å². The highest BCUT2D eigenvalue weighted by Gasteiger charge is 2.61. The third kappa shape index (κ3) is 2.46. The summed E-state index contributed by atoms with van der Waals surface area (Å²) >= 11 is 6.28. The number of hydrogen-bond acceptors (Lipinski definition) is 3. The number of halogens is 1. The highest BCUT2D eigenvalue weighted by Crippen LogP contribution is 2.55. The lowest BCUT2D eigenvalue weighted by molar-refractivity contribution is -0.101. The average Bonchev–Trinajstić information content (AvgIpc) is 3.22. The van der Waals surface area contributed by atoms with Gasteiger partial charge in [-0.2, -0.15) is 0 Å². The quantitative estimate of drug-likeness (QED) is 0.828. The molecule has 0 aromatic heterocycles. The molecule has 2 N–H and O–H groups in total. The predicted octanol–water partition coefficient (Wildman–Crippen LogP) is 4.01. The van der Waals surface area contributed by atoms with Crippen LogP contribution in [0.15, 0.2) is 24.3 Å². The van der Waals surface area contributed by atoms with Crippen LogP contribution in [0.3, 0.4) is 0 Å². The molecule has 1 unspecified atom stereocenters. The zero-order valence-corrected chi connectivity index (χ0v) is 16.7. The molecule has 2 saturated heterocycles. The van der Waals surface area contributed by atoms with Gasteiger partial charge in [-0.15, -0.1) is 0 Å². The maximum absolute atomic E-state index is 13.5. The summed E-state index contributed by atoms with van der Waals surface area (Å²) in [6.45, 7) is 1.52. The van der Waals surface area contributed by atoms with Crippen molar-refractivity contribution in [2.75, 3.05) is 13.1 Å². The van der Waals surface area contributed by atoms with Gasteiger partial charge < -0.3 is 20.3 Å². The van der Waals surface area contributed by atoms with Crippen LogP contribution in [0.4, 0.5) is 9.59 Å². The van der Waals surface area contributed by atoms with Crippen LogP contribution in [-0.4, -0.2) is 46.2 Å². The molecule has 0 spiro atoms. The first-order valence-electron chi connectivity index (χ1n) is 10.2. The summed E-state index contributed by atoms with van der Waals surface area (Å²) in [4.78, 5) is 29.0. The zero-order chi connectivity index (χ0) is 19.6. The number of hydrogen-bond donors (Lipinski definition) is 1. The van der Waals surface area contributed by atoms with Gasteiger partial charge in [-0.1, -0.05) is 23.7 Å². The number of urea groups is 1. The number of rotatable bonds is 3. The van der Waals surface area contributed by atoms with Gasteiger partial charge in [0.2, 0.25) is 0 Å². The van der Waals surface area contributed by atoms with Gasteiger partial charge in [0.1, 0.15) is 5.60 Å². The van der Waals surface area contributed by atoms with E-state index in [0.29, 0.717) is 5.02 Å². The molecule has 2 heterocycles. The van der Waals surface area contributed by atoms with E-state index in [2.05, 4.69) is 15.9 Å². The molecule has 28 heavy (non-hydrogen) atoms. The summed E-state index contributed by atoms with van der Waals surface area (Å²) in [6.07, 6.45) is 6.25. The Morgan fingerprint density at radius 2 is 1.79 bits per heavy atom. The number of fused-ring (bicyclic) bond motifs is 4. The molecule has 1 aromatic carbocycles. The van der Waals surface area contributed by atoms with Crippen molar-refractivity contribution in [1.29, 1.82) is 0 Å². The highest BCUT2D eigenvalue weighted by molar-refractivity contribution is 6.30. The number of nitrogens with zero attached hydrogens (tertiary/aromatic N) is 2. The Kier molecular flexibility index (Phi) is 3.89. The molecule has 1 aromatic rings. The van der Waals surface area contributed by atoms with Crippen molar-refractivity contribution in [3.63, 3.8) is 0 Å². The first kappa shape index (κ1) is 18.1. The molecule has 5 aliphatic rings. The van der Waals surface area contributed by atoms with Gasteiger partial charge in [0.05, 0.1) is 12.1 Å². The predicted molar refractivity (Wildman–Crippen MR) is 105 cm³/mol. The van der Waals surface area contributed by atoms with Crippen LogP contribution in [0.2, 0.25) is 5.02 Å². The zero-order valence-electron chi connectivity index (χ0n) is 16.0. The summed E-state index contributed by atoms with van der Waals surface area (Å²) in [6, 6.07) is 8.14. The second-order valence-corrected chi connectivity index (χ2v) is 9.43. The monoisotopic (exact) mass is 403 g/mol. The number of ether oxygens (including phenoxy) is 1. The van der Waals surface area contributed by atoms with Crippen molar-refractivity contribution in [3.8, 4) is 0 Å². The van der Waals surface area contributed by atoms with Crippen LogP contribution in [0, 0.1) is 0 Å². The molecular weight excluding hydrogens is 378 g/mol. The largest absolute Gasteiger partial charge is 0.443 e. The van der Waals surface area contributed by atoms with E-state index in [1.807, 2.05) is 18.2 Å². The highest BCUT2D eigenvalue weighted by atomic mass is 35.5. The van der Waals surface area contributed by atoms with Crippen LogP contribution in [0.1, 0.15) is 56.9 Å². The fourth-order valence-electron chi connectivity index (χ4n) is 6.24. The van der Waals surface area contributed by atoms with E-state index in [1.165, 1.54) is 0 Å². The fraction of sp³-hybridized carbons (Fsp3) is 0.619. The molecule has 1 atom stereocenters. The number of nitrogens with two attached hydrogens (primary N) is 1. The van der Waals surface area contributed by atoms with Gasteiger partial charge in [0.15, 0.2) is 0 Å². The Balaban J connectivity index is 1.44. The van der Waals surface area contributed by atoms with Crippen molar-refractivity contribution in [3.05, 3.63) is 34.9 Å². The lowest BCUT2D eigenvalue weighted by Gasteiger charge is -2.55. The Labute approximate surface area is 169 Å². The Hall–Kier alpha value is -1.95. The van der Waals surface area contributed by atoms with Crippen molar-refractivity contribution < 1.29 is 14.3 Å². The Morgan fingerprint density at radius 1 is 1.07 bits per heavy atom. The molecular formula is C21H26ClN3O3. The molecule has 3 aliphatic carbocycles. The average molecular weight is 404 g/mol. The van der Waals surface area contributed by atoms with Crippen LogP contribution < -0.4 is 5.73 Å². The molecule has 2 bridgehead atoms. The molecule has 6 rings (SSSR count). The summed E-state index contributed by atoms with van der Waals surface area (Å²) in [5, 5.41) is 0.714. The smallest absolute Gasteiger partial charge is 0.405 e. The summed E-state index contributed by atoms with van der Waals surface area (Å²) in [5.41, 5.74) is 5.61. The molecule has 6 nitrogen and oxygen atoms in total. The minimum absolute atomic E-state index is 0.129. The molecule has 5 fully saturated rings. The second kappa shape index (κ2) is 6.02. The first-order valence-corrected chi connectivity index (χ1v) is 10.6. The van der Waals surface area contributed by atoms with Gasteiger partial charge >= 0.3 is 12.1 Å². The lowest BCUT2D eigenvalue weighted by atomic mass is 9.62. The third-order valence-electron chi connectivity index (χ3n) is 7.76. The van der Waals surface area contributed by atoms with E-state index in [9.17, 15) is 9.59 Å². The molecule has 0 radical (unpaired) electrons. The molecule has 3 amide bonds. The number of primary amides is 1. The molecule has 3 saturated carbocycles. The number of benzene rings is 1. The second-order valence-electron chi connectivity index (χ2n) is 8.99. The number of amides is 3. The van der Waals surface area contributed by atoms with E-state index in [0.717, 1.165) is 70.0 Å². The van der Waals surface area contributed by atoms with Gasteiger partial charge in [-0.25, -0.2) is 9.59 Å². The molecule has 2 aliphatic heterocycles. The van der Waals surface area contributed by atoms with Gasteiger partial charge in [0.25, 0.3) is 0 Å². The van der Waals surface area contributed by atoms with Crippen molar-refractivity contribution >= 4 is 23.7 Å². The summed E-state index contributed by atoms with van der Waals surface area (Å²) in [7, 11) is 0.